The van der Waals surface area contributed by atoms with E-state index in [1.165, 1.54) is 11.1 Å². The van der Waals surface area contributed by atoms with Gasteiger partial charge in [0.1, 0.15) is 17.1 Å². The third-order valence-corrected chi connectivity index (χ3v) is 5.10. The van der Waals surface area contributed by atoms with Gasteiger partial charge in [0.15, 0.2) is 0 Å². The van der Waals surface area contributed by atoms with Crippen LogP contribution >= 0.6 is 0 Å². The van der Waals surface area contributed by atoms with Gasteiger partial charge in [0.25, 0.3) is 0 Å². The Balaban J connectivity index is 1.82. The molecule has 0 spiro atoms. The van der Waals surface area contributed by atoms with Crippen LogP contribution in [0.25, 0.3) is 5.57 Å². The molecule has 0 aromatic heterocycles. The molecule has 0 saturated heterocycles. The summed E-state index contributed by atoms with van der Waals surface area (Å²) >= 11 is 0. The predicted molar refractivity (Wildman–Crippen MR) is 107 cm³/mol. The van der Waals surface area contributed by atoms with E-state index in [2.05, 4.69) is 18.2 Å². The fourth-order valence-corrected chi connectivity index (χ4v) is 3.38. The molecule has 0 saturated carbocycles. The smallest absolute Gasteiger partial charge is 0.140 e. The highest BCUT2D eigenvalue weighted by molar-refractivity contribution is 5.77. The van der Waals surface area contributed by atoms with E-state index >= 15 is 0 Å². The Labute approximate surface area is 159 Å². The van der Waals surface area contributed by atoms with Crippen LogP contribution in [0.15, 0.2) is 78.9 Å². The zero-order valence-electron chi connectivity index (χ0n) is 15.5. The van der Waals surface area contributed by atoms with Gasteiger partial charge in [-0.3, -0.25) is 0 Å². The summed E-state index contributed by atoms with van der Waals surface area (Å²) in [5.74, 6) is 1.51. The van der Waals surface area contributed by atoms with Gasteiger partial charge in [0.2, 0.25) is 0 Å². The van der Waals surface area contributed by atoms with Crippen molar-refractivity contribution in [3.05, 3.63) is 101 Å². The largest absolute Gasteiger partial charge is 0.497 e. The molecule has 3 aromatic carbocycles. The molecule has 4 rings (SSSR count). The van der Waals surface area contributed by atoms with Crippen molar-refractivity contribution in [2.75, 3.05) is 14.2 Å². The lowest BCUT2D eigenvalue weighted by Crippen LogP contribution is -2.28. The van der Waals surface area contributed by atoms with Gasteiger partial charge >= 0.3 is 0 Å². The number of methoxy groups -OCH3 is 2. The number of hydrogen-bond donors (Lipinski definition) is 1. The van der Waals surface area contributed by atoms with E-state index in [1.54, 1.807) is 14.2 Å². The standard InChI is InChI=1S/C24H22O3/c1-26-22-13-9-20(10-14-22)24(25,21-11-15-23(27-2)16-12-21)19-7-5-18(6-8-19)17-3-4-17/h3,5-16,25H,4H2,1-2H3. The van der Waals surface area contributed by atoms with E-state index in [1.807, 2.05) is 60.7 Å². The lowest BCUT2D eigenvalue weighted by atomic mass is 9.80. The molecule has 1 aliphatic rings. The molecule has 0 unspecified atom stereocenters. The van der Waals surface area contributed by atoms with Crippen molar-refractivity contribution in [2.24, 2.45) is 0 Å². The fourth-order valence-electron chi connectivity index (χ4n) is 3.38. The second kappa shape index (κ2) is 6.93. The number of hydrogen-bond acceptors (Lipinski definition) is 3. The van der Waals surface area contributed by atoms with Gasteiger partial charge in [-0.05, 0) is 58.5 Å². The summed E-state index contributed by atoms with van der Waals surface area (Å²) in [6.07, 6.45) is 3.26. The Hall–Kier alpha value is -3.04. The van der Waals surface area contributed by atoms with E-state index in [-0.39, 0.29) is 0 Å². The van der Waals surface area contributed by atoms with E-state index in [9.17, 15) is 5.11 Å². The van der Waals surface area contributed by atoms with E-state index in [4.69, 9.17) is 9.47 Å². The van der Waals surface area contributed by atoms with Crippen LogP contribution in [-0.2, 0) is 5.60 Å². The molecule has 0 amide bonds. The highest BCUT2D eigenvalue weighted by Crippen LogP contribution is 2.39. The van der Waals surface area contributed by atoms with Crippen molar-refractivity contribution >= 4 is 5.57 Å². The van der Waals surface area contributed by atoms with E-state index in [0.717, 1.165) is 34.6 Å². The third kappa shape index (κ3) is 3.22. The van der Waals surface area contributed by atoms with E-state index < -0.39 is 5.60 Å². The van der Waals surface area contributed by atoms with Gasteiger partial charge in [-0.2, -0.15) is 0 Å². The van der Waals surface area contributed by atoms with E-state index in [0.29, 0.717) is 0 Å². The summed E-state index contributed by atoms with van der Waals surface area (Å²) in [5.41, 5.74) is 3.70. The average molecular weight is 358 g/mol. The number of ether oxygens (including phenoxy) is 2. The van der Waals surface area contributed by atoms with Crippen LogP contribution in [0, 0.1) is 0 Å². The van der Waals surface area contributed by atoms with Crippen LogP contribution in [-0.4, -0.2) is 19.3 Å². The normalized spacial score (nSPS) is 13.1. The lowest BCUT2D eigenvalue weighted by Gasteiger charge is -2.30. The molecule has 0 fully saturated rings. The van der Waals surface area contributed by atoms with Gasteiger partial charge in [-0.1, -0.05) is 54.6 Å². The Morgan fingerprint density at radius 3 is 1.37 bits per heavy atom. The maximum atomic E-state index is 11.9. The first kappa shape index (κ1) is 17.4. The third-order valence-electron chi connectivity index (χ3n) is 5.10. The van der Waals surface area contributed by atoms with Crippen LogP contribution in [0.2, 0.25) is 0 Å². The summed E-state index contributed by atoms with van der Waals surface area (Å²) in [7, 11) is 3.27. The molecule has 0 radical (unpaired) electrons. The maximum Gasteiger partial charge on any atom is 0.140 e. The summed E-state index contributed by atoms with van der Waals surface area (Å²) in [6, 6.07) is 23.2. The van der Waals surface area contributed by atoms with Gasteiger partial charge < -0.3 is 14.6 Å². The minimum absolute atomic E-state index is 0.756. The zero-order valence-corrected chi connectivity index (χ0v) is 15.5. The van der Waals surface area contributed by atoms with Gasteiger partial charge in [-0.15, -0.1) is 0 Å². The SMILES string of the molecule is COc1ccc(C(O)(c2ccc(OC)cc2)c2ccc(C3=CC3)cc2)cc1. The first-order chi connectivity index (χ1) is 13.1. The van der Waals surface area contributed by atoms with Crippen LogP contribution < -0.4 is 9.47 Å². The van der Waals surface area contributed by atoms with Crippen molar-refractivity contribution in [3.8, 4) is 11.5 Å². The molecule has 27 heavy (non-hydrogen) atoms. The zero-order chi connectivity index (χ0) is 18.9. The molecule has 3 aromatic rings. The first-order valence-corrected chi connectivity index (χ1v) is 8.96. The Morgan fingerprint density at radius 1 is 0.667 bits per heavy atom. The molecule has 1 N–H and O–H groups in total. The summed E-state index contributed by atoms with van der Waals surface area (Å²) in [4.78, 5) is 0. The number of rotatable bonds is 6. The summed E-state index contributed by atoms with van der Waals surface area (Å²) in [5, 5.41) is 11.9. The average Bonchev–Trinajstić information content (AvgIpc) is 3.59. The van der Waals surface area contributed by atoms with Crippen molar-refractivity contribution in [2.45, 2.75) is 12.0 Å². The molecule has 0 heterocycles. The lowest BCUT2D eigenvalue weighted by molar-refractivity contribution is 0.125. The predicted octanol–water partition coefficient (Wildman–Crippen LogP) is 4.78. The molecular formula is C24H22O3. The molecule has 0 atom stereocenters. The molecule has 3 nitrogen and oxygen atoms in total. The van der Waals surface area contributed by atoms with Crippen molar-refractivity contribution in [3.63, 3.8) is 0 Å². The minimum Gasteiger partial charge on any atom is -0.497 e. The molecule has 0 bridgehead atoms. The number of allylic oxidation sites excluding steroid dienone is 2. The topological polar surface area (TPSA) is 38.7 Å². The quantitative estimate of drug-likeness (QED) is 0.645. The van der Waals surface area contributed by atoms with Crippen LogP contribution in [0.4, 0.5) is 0 Å². The highest BCUT2D eigenvalue weighted by atomic mass is 16.5. The summed E-state index contributed by atoms with van der Waals surface area (Å²) < 4.78 is 10.5. The van der Waals surface area contributed by atoms with Crippen LogP contribution in [0.5, 0.6) is 11.5 Å². The van der Waals surface area contributed by atoms with Gasteiger partial charge in [-0.25, -0.2) is 0 Å². The Morgan fingerprint density at radius 2 is 1.04 bits per heavy atom. The molecule has 3 heteroatoms. The second-order valence-electron chi connectivity index (χ2n) is 6.68. The maximum absolute atomic E-state index is 11.9. The summed E-state index contributed by atoms with van der Waals surface area (Å²) in [6.45, 7) is 0. The van der Waals surface area contributed by atoms with Crippen molar-refractivity contribution in [1.82, 2.24) is 0 Å². The Kier molecular flexibility index (Phi) is 4.46. The molecule has 136 valence electrons. The fraction of sp³-hybridized carbons (Fsp3) is 0.167. The van der Waals surface area contributed by atoms with Gasteiger partial charge in [0.05, 0.1) is 14.2 Å². The first-order valence-electron chi connectivity index (χ1n) is 8.96. The van der Waals surface area contributed by atoms with Crippen LogP contribution in [0.3, 0.4) is 0 Å². The molecule has 1 aliphatic carbocycles. The van der Waals surface area contributed by atoms with Crippen LogP contribution in [0.1, 0.15) is 28.7 Å². The minimum atomic E-state index is -1.27. The Bertz CT molecular complexity index is 905. The number of aliphatic hydroxyl groups is 1. The van der Waals surface area contributed by atoms with Crippen molar-refractivity contribution < 1.29 is 14.6 Å². The monoisotopic (exact) mass is 358 g/mol. The second-order valence-corrected chi connectivity index (χ2v) is 6.68. The highest BCUT2D eigenvalue weighted by Gasteiger charge is 2.34. The van der Waals surface area contributed by atoms with Gasteiger partial charge in [0, 0.05) is 0 Å². The van der Waals surface area contributed by atoms with Crippen molar-refractivity contribution in [1.29, 1.82) is 0 Å². The number of benzene rings is 3. The molecule has 0 aliphatic heterocycles. The molecular weight excluding hydrogens is 336 g/mol.